The van der Waals surface area contributed by atoms with Crippen molar-refractivity contribution in [3.8, 4) is 0 Å². The lowest BCUT2D eigenvalue weighted by Gasteiger charge is -2.36. The van der Waals surface area contributed by atoms with Crippen molar-refractivity contribution >= 4 is 35.1 Å². The highest BCUT2D eigenvalue weighted by Crippen LogP contribution is 2.53. The number of hydrogen-bond acceptors (Lipinski definition) is 4. The number of nitrogens with zero attached hydrogens (tertiary/aromatic N) is 1. The minimum absolute atomic E-state index is 0.373. The van der Waals surface area contributed by atoms with Gasteiger partial charge in [0, 0.05) is 11.1 Å². The molecule has 0 aromatic heterocycles. The fourth-order valence-corrected chi connectivity index (χ4v) is 5.64. The smallest absolute Gasteiger partial charge is 0.325 e. The highest BCUT2D eigenvalue weighted by Gasteiger charge is 2.70. The lowest BCUT2D eigenvalue weighted by atomic mass is 9.71. The van der Waals surface area contributed by atoms with Crippen LogP contribution in [0, 0.1) is 38.5 Å². The zero-order chi connectivity index (χ0) is 24.2. The number of carbonyl (C=O) groups is 3. The quantitative estimate of drug-likeness (QED) is 0.627. The predicted octanol–water partition coefficient (Wildman–Crippen LogP) is 4.58. The van der Waals surface area contributed by atoms with Crippen molar-refractivity contribution in [2.45, 2.75) is 52.6 Å². The summed E-state index contributed by atoms with van der Waals surface area (Å²) >= 11 is 6.29. The summed E-state index contributed by atoms with van der Waals surface area (Å²) in [6.45, 7) is 9.46. The number of carboxylic acids is 1. The molecule has 5 atom stereocenters. The summed E-state index contributed by atoms with van der Waals surface area (Å²) < 4.78 is 0. The van der Waals surface area contributed by atoms with Crippen LogP contribution in [-0.4, -0.2) is 28.4 Å². The van der Waals surface area contributed by atoms with Crippen LogP contribution in [0.4, 0.5) is 5.69 Å². The van der Waals surface area contributed by atoms with Gasteiger partial charge in [0.15, 0.2) is 0 Å². The Labute approximate surface area is 198 Å². The Balaban J connectivity index is 1.92. The third-order valence-electron chi connectivity index (χ3n) is 7.52. The number of fused-ring (bicyclic) bond motifs is 1. The number of amides is 2. The fraction of sp³-hybridized carbons (Fsp3) is 0.423. The third kappa shape index (κ3) is 3.39. The minimum atomic E-state index is -1.56. The summed E-state index contributed by atoms with van der Waals surface area (Å²) in [6.07, 6.45) is 0.542. The van der Waals surface area contributed by atoms with Crippen LogP contribution in [0.15, 0.2) is 36.4 Å². The van der Waals surface area contributed by atoms with Crippen molar-refractivity contribution in [3.63, 3.8) is 0 Å². The first-order chi connectivity index (χ1) is 15.5. The molecule has 2 aliphatic heterocycles. The number of rotatable bonds is 5. The maximum atomic E-state index is 13.8. The van der Waals surface area contributed by atoms with Crippen LogP contribution in [0.1, 0.15) is 48.6 Å². The van der Waals surface area contributed by atoms with Crippen LogP contribution in [0.3, 0.4) is 0 Å². The molecule has 2 aromatic carbocycles. The van der Waals surface area contributed by atoms with Gasteiger partial charge in [-0.2, -0.15) is 0 Å². The molecule has 0 aliphatic carbocycles. The van der Waals surface area contributed by atoms with Crippen molar-refractivity contribution < 1.29 is 19.5 Å². The number of aryl methyl sites for hydroxylation is 3. The Bertz CT molecular complexity index is 1160. The first-order valence-electron chi connectivity index (χ1n) is 11.3. The van der Waals surface area contributed by atoms with Gasteiger partial charge in [0.05, 0.1) is 17.5 Å². The Kier molecular flexibility index (Phi) is 5.87. The van der Waals surface area contributed by atoms with Crippen LogP contribution in [0.25, 0.3) is 0 Å². The molecule has 2 saturated heterocycles. The molecule has 0 saturated carbocycles. The molecule has 2 aromatic rings. The number of imide groups is 1. The van der Waals surface area contributed by atoms with E-state index in [0.29, 0.717) is 17.1 Å². The molecule has 33 heavy (non-hydrogen) atoms. The number of halogens is 1. The highest BCUT2D eigenvalue weighted by atomic mass is 35.5. The van der Waals surface area contributed by atoms with Gasteiger partial charge in [-0.15, -0.1) is 0 Å². The molecule has 2 amide bonds. The van der Waals surface area contributed by atoms with Gasteiger partial charge in [-0.3, -0.25) is 19.7 Å². The maximum Gasteiger partial charge on any atom is 0.325 e. The highest BCUT2D eigenvalue weighted by molar-refractivity contribution is 6.32. The van der Waals surface area contributed by atoms with E-state index in [9.17, 15) is 19.5 Å². The van der Waals surface area contributed by atoms with E-state index in [1.54, 1.807) is 18.2 Å². The topological polar surface area (TPSA) is 86.7 Å². The summed E-state index contributed by atoms with van der Waals surface area (Å²) in [6, 6.07) is 10.4. The van der Waals surface area contributed by atoms with E-state index in [-0.39, 0.29) is 5.92 Å². The molecule has 0 spiro atoms. The van der Waals surface area contributed by atoms with Crippen LogP contribution < -0.4 is 10.2 Å². The standard InChI is InChI=1S/C26H29ClN2O4/c1-6-16(5)26(25(32)33)21-20(22(28-26)18-11-13(2)7-8-14(18)3)23(30)29(24(21)31)17-10-9-15(4)19(27)12-17/h7-12,16,20-22,28H,6H2,1-5H3,(H,32,33). The normalized spacial score (nSPS) is 27.7. The summed E-state index contributed by atoms with van der Waals surface area (Å²) in [5, 5.41) is 14.2. The molecule has 2 fully saturated rings. The summed E-state index contributed by atoms with van der Waals surface area (Å²) in [5.74, 6) is -4.23. The Morgan fingerprint density at radius 1 is 1.12 bits per heavy atom. The number of anilines is 1. The molecule has 6 nitrogen and oxygen atoms in total. The average Bonchev–Trinajstić information content (AvgIpc) is 3.26. The first kappa shape index (κ1) is 23.5. The average molecular weight is 469 g/mol. The minimum Gasteiger partial charge on any atom is -0.480 e. The molecule has 2 heterocycles. The number of hydrogen-bond donors (Lipinski definition) is 2. The lowest BCUT2D eigenvalue weighted by Crippen LogP contribution is -2.59. The molecular formula is C26H29ClN2O4. The largest absolute Gasteiger partial charge is 0.480 e. The van der Waals surface area contributed by atoms with Crippen LogP contribution in [0.5, 0.6) is 0 Å². The molecule has 7 heteroatoms. The van der Waals surface area contributed by atoms with E-state index in [0.717, 1.165) is 27.2 Å². The maximum absolute atomic E-state index is 13.8. The molecule has 174 valence electrons. The Hall–Kier alpha value is -2.70. The lowest BCUT2D eigenvalue weighted by molar-refractivity contribution is -0.151. The van der Waals surface area contributed by atoms with E-state index < -0.39 is 41.2 Å². The first-order valence-corrected chi connectivity index (χ1v) is 11.6. The Morgan fingerprint density at radius 3 is 2.39 bits per heavy atom. The van der Waals surface area contributed by atoms with Gasteiger partial charge < -0.3 is 5.11 Å². The van der Waals surface area contributed by atoms with Crippen molar-refractivity contribution in [2.75, 3.05) is 4.90 Å². The molecule has 2 aliphatic rings. The molecule has 5 unspecified atom stereocenters. The number of nitrogens with one attached hydrogen (secondary N) is 1. The predicted molar refractivity (Wildman–Crippen MR) is 127 cm³/mol. The number of carbonyl (C=O) groups excluding carboxylic acids is 2. The molecule has 2 N–H and O–H groups in total. The van der Waals surface area contributed by atoms with Gasteiger partial charge >= 0.3 is 5.97 Å². The van der Waals surface area contributed by atoms with Gasteiger partial charge in [-0.25, -0.2) is 4.90 Å². The summed E-state index contributed by atoms with van der Waals surface area (Å²) in [4.78, 5) is 41.6. The SMILES string of the molecule is CCC(C)C1(C(=O)O)NC(c2cc(C)ccc2C)C2C(=O)N(c3ccc(C)c(Cl)c3)C(=O)C21. The third-order valence-corrected chi connectivity index (χ3v) is 7.93. The van der Waals surface area contributed by atoms with Gasteiger partial charge in [0.25, 0.3) is 0 Å². The fourth-order valence-electron chi connectivity index (χ4n) is 5.46. The van der Waals surface area contributed by atoms with Gasteiger partial charge in [-0.1, -0.05) is 61.7 Å². The number of carboxylic acid groups (broad SMARTS) is 1. The number of aliphatic carboxylic acids is 1. The zero-order valence-electron chi connectivity index (χ0n) is 19.5. The van der Waals surface area contributed by atoms with Gasteiger partial charge in [0.1, 0.15) is 5.54 Å². The van der Waals surface area contributed by atoms with Crippen LogP contribution in [0.2, 0.25) is 5.02 Å². The molecular weight excluding hydrogens is 440 g/mol. The van der Waals surface area contributed by atoms with Crippen molar-refractivity contribution in [3.05, 3.63) is 63.7 Å². The second-order valence-corrected chi connectivity index (χ2v) is 9.82. The van der Waals surface area contributed by atoms with Crippen LogP contribution in [-0.2, 0) is 14.4 Å². The van der Waals surface area contributed by atoms with E-state index in [4.69, 9.17) is 11.6 Å². The van der Waals surface area contributed by atoms with Gasteiger partial charge in [0.2, 0.25) is 11.8 Å². The monoisotopic (exact) mass is 468 g/mol. The van der Waals surface area contributed by atoms with Crippen molar-refractivity contribution in [1.29, 1.82) is 0 Å². The summed E-state index contributed by atoms with van der Waals surface area (Å²) in [5.41, 5.74) is 2.44. The van der Waals surface area contributed by atoms with E-state index >= 15 is 0 Å². The number of benzene rings is 2. The van der Waals surface area contributed by atoms with E-state index in [2.05, 4.69) is 5.32 Å². The summed E-state index contributed by atoms with van der Waals surface area (Å²) in [7, 11) is 0. The second-order valence-electron chi connectivity index (χ2n) is 9.41. The van der Waals surface area contributed by atoms with Gasteiger partial charge in [-0.05, 0) is 55.5 Å². The van der Waals surface area contributed by atoms with E-state index in [1.807, 2.05) is 52.8 Å². The van der Waals surface area contributed by atoms with Crippen molar-refractivity contribution in [2.24, 2.45) is 17.8 Å². The molecule has 0 radical (unpaired) electrons. The van der Waals surface area contributed by atoms with Crippen LogP contribution >= 0.6 is 11.6 Å². The second kappa shape index (κ2) is 8.26. The Morgan fingerprint density at radius 2 is 1.79 bits per heavy atom. The molecule has 4 rings (SSSR count). The van der Waals surface area contributed by atoms with E-state index in [1.165, 1.54) is 0 Å². The zero-order valence-corrected chi connectivity index (χ0v) is 20.2. The van der Waals surface area contributed by atoms with Crippen molar-refractivity contribution in [1.82, 2.24) is 5.32 Å². The molecule has 0 bridgehead atoms.